The van der Waals surface area contributed by atoms with Gasteiger partial charge in [-0.05, 0) is 38.4 Å². The van der Waals surface area contributed by atoms with Crippen LogP contribution in [0, 0.1) is 5.92 Å². The fourth-order valence-electron chi connectivity index (χ4n) is 2.79. The predicted molar refractivity (Wildman–Crippen MR) is 78.2 cm³/mol. The van der Waals surface area contributed by atoms with E-state index in [4.69, 9.17) is 5.11 Å². The van der Waals surface area contributed by atoms with Crippen molar-refractivity contribution in [3.63, 3.8) is 0 Å². The second-order valence-electron chi connectivity index (χ2n) is 5.37. The predicted octanol–water partition coefficient (Wildman–Crippen LogP) is 3.14. The first-order chi connectivity index (χ1) is 8.56. The smallest absolute Gasteiger partial charge is 0.306 e. The van der Waals surface area contributed by atoms with Crippen LogP contribution in [-0.2, 0) is 4.79 Å². The van der Waals surface area contributed by atoms with Crippen LogP contribution in [0.25, 0.3) is 0 Å². The molecule has 18 heavy (non-hydrogen) atoms. The van der Waals surface area contributed by atoms with Gasteiger partial charge in [-0.15, -0.1) is 0 Å². The van der Waals surface area contributed by atoms with Crippen molar-refractivity contribution in [3.05, 3.63) is 0 Å². The highest BCUT2D eigenvalue weighted by Crippen LogP contribution is 2.31. The molecule has 106 valence electrons. The monoisotopic (exact) mass is 273 g/mol. The molecule has 0 aromatic rings. The fourth-order valence-corrected chi connectivity index (χ4v) is 3.60. The molecule has 2 unspecified atom stereocenters. The van der Waals surface area contributed by atoms with Crippen molar-refractivity contribution in [2.45, 2.75) is 63.2 Å². The Kier molecular flexibility index (Phi) is 6.50. The van der Waals surface area contributed by atoms with E-state index in [0.717, 1.165) is 45.1 Å². The van der Waals surface area contributed by atoms with E-state index < -0.39 is 5.97 Å². The Labute approximate surface area is 115 Å². The number of hydrogen-bond donors (Lipinski definition) is 2. The molecular weight excluding hydrogens is 246 g/mol. The molecule has 0 aromatic carbocycles. The number of rotatable bonds is 7. The van der Waals surface area contributed by atoms with Gasteiger partial charge in [0, 0.05) is 17.3 Å². The lowest BCUT2D eigenvalue weighted by Crippen LogP contribution is -2.44. The summed E-state index contributed by atoms with van der Waals surface area (Å²) < 4.78 is 0.316. The average Bonchev–Trinajstić information content (AvgIpc) is 2.41. The van der Waals surface area contributed by atoms with Gasteiger partial charge in [0.25, 0.3) is 0 Å². The highest BCUT2D eigenvalue weighted by atomic mass is 32.2. The molecule has 0 bridgehead atoms. The summed E-state index contributed by atoms with van der Waals surface area (Å²) in [5, 5.41) is 12.7. The molecule has 0 aliphatic heterocycles. The third-order valence-corrected chi connectivity index (χ3v) is 6.05. The summed E-state index contributed by atoms with van der Waals surface area (Å²) in [6.45, 7) is 5.48. The molecule has 1 aliphatic rings. The summed E-state index contributed by atoms with van der Waals surface area (Å²) in [6, 6.07) is 0.393. The number of carboxylic acid groups (broad SMARTS) is 1. The van der Waals surface area contributed by atoms with E-state index in [1.54, 1.807) is 0 Å². The maximum atomic E-state index is 11.0. The zero-order valence-corrected chi connectivity index (χ0v) is 12.7. The second-order valence-corrected chi connectivity index (χ2v) is 6.65. The lowest BCUT2D eigenvalue weighted by atomic mass is 9.85. The van der Waals surface area contributed by atoms with E-state index >= 15 is 0 Å². The quantitative estimate of drug-likeness (QED) is 0.748. The van der Waals surface area contributed by atoms with Gasteiger partial charge >= 0.3 is 5.97 Å². The first-order valence-electron chi connectivity index (χ1n) is 7.08. The van der Waals surface area contributed by atoms with Gasteiger partial charge in [0.15, 0.2) is 0 Å². The zero-order valence-electron chi connectivity index (χ0n) is 11.9. The van der Waals surface area contributed by atoms with Crippen molar-refractivity contribution in [2.24, 2.45) is 5.92 Å². The largest absolute Gasteiger partial charge is 0.481 e. The van der Waals surface area contributed by atoms with Gasteiger partial charge in [0.2, 0.25) is 0 Å². The molecule has 1 aliphatic carbocycles. The summed E-state index contributed by atoms with van der Waals surface area (Å²) in [5.74, 6) is -0.758. The summed E-state index contributed by atoms with van der Waals surface area (Å²) >= 11 is 1.93. The molecule has 4 heteroatoms. The van der Waals surface area contributed by atoms with Crippen LogP contribution in [0.4, 0.5) is 0 Å². The minimum atomic E-state index is -0.622. The average molecular weight is 273 g/mol. The third kappa shape index (κ3) is 4.16. The summed E-state index contributed by atoms with van der Waals surface area (Å²) in [6.07, 6.45) is 8.31. The van der Waals surface area contributed by atoms with Gasteiger partial charge in [0.05, 0.1) is 5.92 Å². The van der Waals surface area contributed by atoms with E-state index in [1.807, 2.05) is 11.8 Å². The highest BCUT2D eigenvalue weighted by Gasteiger charge is 2.30. The molecule has 0 radical (unpaired) electrons. The first-order valence-corrected chi connectivity index (χ1v) is 8.30. The Morgan fingerprint density at radius 2 is 2.06 bits per heavy atom. The lowest BCUT2D eigenvalue weighted by Gasteiger charge is -2.34. The van der Waals surface area contributed by atoms with Crippen LogP contribution in [0.1, 0.15) is 52.4 Å². The van der Waals surface area contributed by atoms with Crippen LogP contribution < -0.4 is 5.32 Å². The standard InChI is InChI=1S/C14H27NO2S/c1-4-14(5-2,18-3)10-15-12-8-6-7-11(9-12)13(16)17/h11-12,15H,4-10H2,1-3H3,(H,16,17). The van der Waals surface area contributed by atoms with Crippen molar-refractivity contribution >= 4 is 17.7 Å². The van der Waals surface area contributed by atoms with Crippen LogP contribution in [0.2, 0.25) is 0 Å². The Morgan fingerprint density at radius 1 is 1.39 bits per heavy atom. The van der Waals surface area contributed by atoms with Crippen molar-refractivity contribution in [1.29, 1.82) is 0 Å². The highest BCUT2D eigenvalue weighted by molar-refractivity contribution is 8.00. The molecule has 0 saturated heterocycles. The van der Waals surface area contributed by atoms with Gasteiger partial charge < -0.3 is 10.4 Å². The van der Waals surface area contributed by atoms with Crippen LogP contribution >= 0.6 is 11.8 Å². The molecule has 3 nitrogen and oxygen atoms in total. The summed E-state index contributed by atoms with van der Waals surface area (Å²) in [4.78, 5) is 11.0. The molecule has 0 spiro atoms. The van der Waals surface area contributed by atoms with Gasteiger partial charge in [-0.1, -0.05) is 20.3 Å². The first kappa shape index (κ1) is 15.8. The van der Waals surface area contributed by atoms with Gasteiger partial charge in [-0.25, -0.2) is 0 Å². The molecule has 1 saturated carbocycles. The van der Waals surface area contributed by atoms with Crippen LogP contribution in [0.5, 0.6) is 0 Å². The van der Waals surface area contributed by atoms with E-state index in [-0.39, 0.29) is 5.92 Å². The summed E-state index contributed by atoms with van der Waals surface area (Å²) in [5.41, 5.74) is 0. The number of aliphatic carboxylic acids is 1. The van der Waals surface area contributed by atoms with E-state index in [0.29, 0.717) is 10.8 Å². The molecule has 2 N–H and O–H groups in total. The Morgan fingerprint density at radius 3 is 2.56 bits per heavy atom. The maximum absolute atomic E-state index is 11.0. The van der Waals surface area contributed by atoms with Crippen molar-refractivity contribution in [1.82, 2.24) is 5.32 Å². The van der Waals surface area contributed by atoms with E-state index in [2.05, 4.69) is 25.4 Å². The number of thioether (sulfide) groups is 1. The molecule has 1 rings (SSSR count). The number of carbonyl (C=O) groups is 1. The van der Waals surface area contributed by atoms with Gasteiger partial charge in [0.1, 0.15) is 0 Å². The Balaban J connectivity index is 2.45. The molecule has 2 atom stereocenters. The number of carboxylic acids is 1. The van der Waals surface area contributed by atoms with Crippen molar-refractivity contribution < 1.29 is 9.90 Å². The van der Waals surface area contributed by atoms with Crippen molar-refractivity contribution in [2.75, 3.05) is 12.8 Å². The molecule has 1 fully saturated rings. The van der Waals surface area contributed by atoms with Crippen molar-refractivity contribution in [3.8, 4) is 0 Å². The number of hydrogen-bond acceptors (Lipinski definition) is 3. The van der Waals surface area contributed by atoms with Gasteiger partial charge in [-0.2, -0.15) is 11.8 Å². The lowest BCUT2D eigenvalue weighted by molar-refractivity contribution is -0.143. The second kappa shape index (κ2) is 7.39. The minimum Gasteiger partial charge on any atom is -0.481 e. The third-order valence-electron chi connectivity index (χ3n) is 4.46. The van der Waals surface area contributed by atoms with Crippen LogP contribution in [0.3, 0.4) is 0 Å². The topological polar surface area (TPSA) is 49.3 Å². The molecule has 0 aromatic heterocycles. The Hall–Kier alpha value is -0.220. The number of nitrogens with one attached hydrogen (secondary N) is 1. The maximum Gasteiger partial charge on any atom is 0.306 e. The van der Waals surface area contributed by atoms with Gasteiger partial charge in [-0.3, -0.25) is 4.79 Å². The zero-order chi connectivity index (χ0) is 13.6. The molecule has 0 amide bonds. The Bertz CT molecular complexity index is 258. The van der Waals surface area contributed by atoms with E-state index in [9.17, 15) is 4.79 Å². The van der Waals surface area contributed by atoms with E-state index in [1.165, 1.54) is 0 Å². The van der Waals surface area contributed by atoms with Crippen LogP contribution in [-0.4, -0.2) is 34.7 Å². The summed E-state index contributed by atoms with van der Waals surface area (Å²) in [7, 11) is 0. The van der Waals surface area contributed by atoms with Crippen LogP contribution in [0.15, 0.2) is 0 Å². The minimum absolute atomic E-state index is 0.136. The normalized spacial score (nSPS) is 25.1. The molecular formula is C14H27NO2S. The fraction of sp³-hybridized carbons (Fsp3) is 0.929. The molecule has 0 heterocycles. The SMILES string of the molecule is CCC(CC)(CNC1CCCC(C(=O)O)C1)SC.